The Balaban J connectivity index is 0.000000163. The van der Waals surface area contributed by atoms with E-state index in [9.17, 15) is 33.6 Å². The highest BCUT2D eigenvalue weighted by atomic mass is 32.2. The largest absolute Gasteiger partial charge is 0.474 e. The molecular weight excluding hydrogens is 2000 g/mol. The van der Waals surface area contributed by atoms with Crippen molar-refractivity contribution in [1.82, 2.24) is 64.5 Å². The number of likely N-dealkylation sites (tertiary alicyclic amines) is 3. The fourth-order valence-electron chi connectivity index (χ4n) is 15.2. The van der Waals surface area contributed by atoms with Gasteiger partial charge in [0.2, 0.25) is 53.1 Å². The van der Waals surface area contributed by atoms with Crippen molar-refractivity contribution in [3.05, 3.63) is 254 Å². The van der Waals surface area contributed by atoms with Gasteiger partial charge in [0.25, 0.3) is 17.7 Å². The van der Waals surface area contributed by atoms with Crippen LogP contribution in [0.1, 0.15) is 219 Å². The number of carbonyl (C=O) groups is 7. The first-order chi connectivity index (χ1) is 69.7. The molecule has 33 nitrogen and oxygen atoms in total. The molecule has 6 atom stereocenters. The average molecular weight is 2130 g/mol. The maximum atomic E-state index is 13.2. The van der Waals surface area contributed by atoms with E-state index in [1.54, 1.807) is 202 Å². The summed E-state index contributed by atoms with van der Waals surface area (Å²) in [6.45, 7) is 41.6. The number of piperidine rings is 1. The standard InChI is InChI=1S/C28H36N6O3S2.C27H33N5O3S2.C25H29N5O3S2.C25H31N5O3S2/c1-28(2,3)22-15-29-24(37-22)18-38-25-16-30-27(39-25)32-21-12-14-34(17-21)26(36)19-8-10-20(11-9-19)31-23(35)7-6-13-33(4)5;1-6-22(33)30-19-11-8-18(9-12-19)25(34)32-15-20(10-7-17(32)2)31-26-29-14-24(37-26)36-16-23-28-13-21(35-23)27(3,4)5;1-5-20(31)28-17-8-6-16(7-9-17)23(32)30-11-10-18(14-30)29-24-27-13-22(35-24)34-15-21-26-12-19(33-21)25(2,3)4;1-5-20(31)29-17-9-10-21(26-12-17)32-18-8-6-7-16(11-18)30-24-28-14-23(35-24)34-15-22-27-13-19(33-22)25(2,3)4/h6-11,15-16,21H,12-14,17-18H2,1-5H3,(H,30,32)(H,31,35);6,8-9,11-14,17,20H,1,7,10,15-16H2,2-5H3,(H,29,31)(H,30,33);5-9,12-13,18H,1,10-11,14-15H2,2-4H3,(H,27,29)(H,28,31);5,9-10,12-14,16,18H,1,6-8,11,15H2,2-4H3,(H,28,30)(H,29,31)/b7-6+;;;/t21-;17-,20+;18-;/m101./s1. The summed E-state index contributed by atoms with van der Waals surface area (Å²) in [6, 6.07) is 25.3. The molecule has 1 aliphatic carbocycles. The number of likely N-dealkylation sites (N-methyl/N-ethyl adjacent to an activating group) is 1. The first-order valence-electron chi connectivity index (χ1n) is 48.1. The van der Waals surface area contributed by atoms with Gasteiger partial charge in [-0.1, -0.05) is 154 Å². The molecule has 12 heterocycles. The summed E-state index contributed by atoms with van der Waals surface area (Å²) in [7, 11) is 3.88. The van der Waals surface area contributed by atoms with Crippen molar-refractivity contribution < 1.29 is 56.0 Å². The van der Waals surface area contributed by atoms with Crippen LogP contribution in [0.5, 0.6) is 5.88 Å². The third-order valence-electron chi connectivity index (χ3n) is 23.3. The third-order valence-corrected chi connectivity index (χ3v) is 31.7. The SMILES string of the molecule is C=CC(=O)Nc1ccc(C(=O)N2CC[C@@H](Nc3ncc(SCc4ncc(C(C)(C)C)o4)s3)C2)cc1.C=CC(=O)Nc1ccc(C(=O)N2C[C@H](Nc3ncc(SCc4ncc(C(C)(C)C)o4)s3)CC[C@@H]2C)cc1.C=CC(=O)Nc1ccc(OC2CCCC(Nc3ncc(SCc4ncc(C(C)(C)C)o4)s3)C2)nc1.CN(C)C/C=C/C(=O)Nc1ccc(C(=O)N2CC[C@@H](Nc3ncc(SCc4ncc(C(C)(C)C)o4)s3)C2)cc1. The number of aromatic nitrogens is 9. The summed E-state index contributed by atoms with van der Waals surface area (Å²) in [6.07, 6.45) is 31.0. The number of oxazole rings is 4. The van der Waals surface area contributed by atoms with Gasteiger partial charge >= 0.3 is 0 Å². The zero-order valence-electron chi connectivity index (χ0n) is 85.0. The van der Waals surface area contributed by atoms with E-state index < -0.39 is 0 Å². The fourth-order valence-corrected chi connectivity index (χ4v) is 22.4. The van der Waals surface area contributed by atoms with Crippen LogP contribution in [0.4, 0.5) is 43.3 Å². The molecule has 7 amide bonds. The molecular formula is C105H129N21O12S8. The lowest BCUT2D eigenvalue weighted by Crippen LogP contribution is -2.49. The highest BCUT2D eigenvalue weighted by Gasteiger charge is 2.35. The maximum absolute atomic E-state index is 13.2. The van der Waals surface area contributed by atoms with Crippen LogP contribution in [0.2, 0.25) is 0 Å². The second kappa shape index (κ2) is 51.9. The van der Waals surface area contributed by atoms with Crippen molar-refractivity contribution in [2.45, 2.75) is 239 Å². The maximum Gasteiger partial charge on any atom is 0.254 e. The second-order valence-electron chi connectivity index (χ2n) is 39.7. The third kappa shape index (κ3) is 34.2. The molecule has 8 N–H and O–H groups in total. The lowest BCUT2D eigenvalue weighted by Gasteiger charge is -2.38. The van der Waals surface area contributed by atoms with Crippen LogP contribution in [0.3, 0.4) is 0 Å². The number of hydrogen-bond acceptors (Lipinski definition) is 34. The number of amides is 7. The summed E-state index contributed by atoms with van der Waals surface area (Å²) in [5.41, 5.74) is 4.10. The van der Waals surface area contributed by atoms with Crippen LogP contribution in [0.25, 0.3) is 0 Å². The Morgan fingerprint density at radius 3 is 1.09 bits per heavy atom. The Labute approximate surface area is 885 Å². The van der Waals surface area contributed by atoms with Crippen molar-refractivity contribution in [1.29, 1.82) is 0 Å². The summed E-state index contributed by atoms with van der Waals surface area (Å²) >= 11 is 13.1. The molecule has 0 radical (unpaired) electrons. The monoisotopic (exact) mass is 2130 g/mol. The highest BCUT2D eigenvalue weighted by molar-refractivity contribution is 8.01. The fraction of sp³-hybridized carbons (Fsp3) is 0.410. The zero-order chi connectivity index (χ0) is 104. The van der Waals surface area contributed by atoms with Gasteiger partial charge in [-0.15, -0.1) is 47.0 Å². The summed E-state index contributed by atoms with van der Waals surface area (Å²) in [5.74, 6) is 8.54. The van der Waals surface area contributed by atoms with Crippen LogP contribution in [0, 0.1) is 0 Å². The van der Waals surface area contributed by atoms with Gasteiger partial charge in [-0.25, -0.2) is 44.9 Å². The predicted octanol–water partition coefficient (Wildman–Crippen LogP) is 22.3. The number of hydrogen-bond donors (Lipinski definition) is 8. The Bertz CT molecular complexity index is 6390. The summed E-state index contributed by atoms with van der Waals surface area (Å²) in [5, 5.41) is 28.4. The van der Waals surface area contributed by atoms with Gasteiger partial charge in [0.15, 0.2) is 20.5 Å². The molecule has 3 aromatic carbocycles. The molecule has 146 heavy (non-hydrogen) atoms. The van der Waals surface area contributed by atoms with Crippen molar-refractivity contribution in [2.24, 2.45) is 0 Å². The number of thioether (sulfide) groups is 4. The number of carbonyl (C=O) groups excluding carboxylic acids is 7. The van der Waals surface area contributed by atoms with Gasteiger partial charge in [0, 0.05) is 143 Å². The predicted molar refractivity (Wildman–Crippen MR) is 587 cm³/mol. The molecule has 3 aliphatic heterocycles. The summed E-state index contributed by atoms with van der Waals surface area (Å²) in [4.78, 5) is 133. The minimum atomic E-state index is -0.284. The van der Waals surface area contributed by atoms with E-state index in [4.69, 9.17) is 22.4 Å². The van der Waals surface area contributed by atoms with Crippen LogP contribution >= 0.6 is 92.4 Å². The number of nitrogens with zero attached hydrogens (tertiary/aromatic N) is 13. The molecule has 9 aromatic heterocycles. The number of thiazole rings is 4. The average Bonchev–Trinajstić information content (AvgIpc) is 1.16. The molecule has 41 heteroatoms. The van der Waals surface area contributed by atoms with Crippen LogP contribution in [-0.2, 0) is 63.8 Å². The molecule has 1 saturated carbocycles. The van der Waals surface area contributed by atoms with Crippen molar-refractivity contribution in [2.75, 3.05) is 95.9 Å². The number of ether oxygens (including phenoxy) is 1. The normalized spacial score (nSPS) is 16.9. The molecule has 2 unspecified atom stereocenters. The number of pyridine rings is 1. The first-order valence-corrected chi connectivity index (χ1v) is 55.4. The van der Waals surface area contributed by atoms with Crippen LogP contribution < -0.4 is 47.3 Å². The minimum Gasteiger partial charge on any atom is -0.474 e. The molecule has 0 spiro atoms. The molecule has 4 aliphatic rings. The summed E-state index contributed by atoms with van der Waals surface area (Å²) < 4.78 is 34.0. The van der Waals surface area contributed by atoms with Crippen molar-refractivity contribution in [3.8, 4) is 5.88 Å². The van der Waals surface area contributed by atoms with Crippen LogP contribution in [-0.4, -0.2) is 195 Å². The Morgan fingerprint density at radius 2 is 0.747 bits per heavy atom. The Morgan fingerprint density at radius 1 is 0.404 bits per heavy atom. The molecule has 12 aromatic rings. The van der Waals surface area contributed by atoms with E-state index in [0.717, 1.165) is 118 Å². The Hall–Kier alpha value is -12.2. The molecule has 4 fully saturated rings. The minimum absolute atomic E-state index is 0.0148. The van der Waals surface area contributed by atoms with E-state index in [1.807, 2.05) is 70.9 Å². The van der Waals surface area contributed by atoms with E-state index in [1.165, 1.54) is 24.3 Å². The smallest absolute Gasteiger partial charge is 0.254 e. The second-order valence-corrected chi connectivity index (χ2v) is 48.9. The van der Waals surface area contributed by atoms with Crippen molar-refractivity contribution >= 4 is 177 Å². The highest BCUT2D eigenvalue weighted by Crippen LogP contribution is 2.40. The number of benzene rings is 3. The topological polar surface area (TPSA) is 406 Å². The van der Waals surface area contributed by atoms with Gasteiger partial charge in [0.05, 0.1) is 101 Å². The van der Waals surface area contributed by atoms with Gasteiger partial charge in [-0.3, -0.25) is 33.6 Å². The van der Waals surface area contributed by atoms with E-state index in [-0.39, 0.29) is 93.3 Å². The number of nitrogens with one attached hydrogen (secondary N) is 8. The lowest BCUT2D eigenvalue weighted by molar-refractivity contribution is -0.112. The van der Waals surface area contributed by atoms with Gasteiger partial charge < -0.3 is 84.5 Å². The van der Waals surface area contributed by atoms with Gasteiger partial charge in [-0.2, -0.15) is 0 Å². The molecule has 16 rings (SSSR count). The van der Waals surface area contributed by atoms with Gasteiger partial charge in [-0.05, 0) is 163 Å². The Kier molecular flexibility index (Phi) is 39.5. The van der Waals surface area contributed by atoms with Crippen LogP contribution in [0.15, 0.2) is 225 Å². The molecule has 0 bridgehead atoms. The van der Waals surface area contributed by atoms with E-state index in [0.29, 0.717) is 131 Å². The molecule has 3 saturated heterocycles. The number of rotatable bonds is 35. The molecule has 774 valence electrons. The number of anilines is 8. The van der Waals surface area contributed by atoms with Gasteiger partial charge in [0.1, 0.15) is 29.1 Å². The van der Waals surface area contributed by atoms with Crippen molar-refractivity contribution in [3.63, 3.8) is 0 Å². The zero-order valence-corrected chi connectivity index (χ0v) is 91.5. The first kappa shape index (κ1) is 111. The quantitative estimate of drug-likeness (QED) is 0.0135. The van der Waals surface area contributed by atoms with E-state index in [2.05, 4.69) is 197 Å². The lowest BCUT2D eigenvalue weighted by atomic mass is 9.93. The van der Waals surface area contributed by atoms with E-state index >= 15 is 0 Å².